The van der Waals surface area contributed by atoms with Gasteiger partial charge in [0.25, 0.3) is 5.91 Å². The zero-order valence-corrected chi connectivity index (χ0v) is 12.9. The third kappa shape index (κ3) is 4.10. The highest BCUT2D eigenvalue weighted by Gasteiger charge is 2.11. The quantitative estimate of drug-likeness (QED) is 0.380. The molecule has 7 heteroatoms. The van der Waals surface area contributed by atoms with Gasteiger partial charge in [0.1, 0.15) is 5.75 Å². The molecule has 116 valence electrons. The Morgan fingerprint density at radius 2 is 2.04 bits per heavy atom. The molecule has 0 radical (unpaired) electrons. The second-order valence-electron chi connectivity index (χ2n) is 4.80. The molecule has 0 fully saturated rings. The van der Waals surface area contributed by atoms with Crippen LogP contribution in [0, 0.1) is 0 Å². The van der Waals surface area contributed by atoms with Gasteiger partial charge in [-0.2, -0.15) is 5.10 Å². The summed E-state index contributed by atoms with van der Waals surface area (Å²) in [6.45, 7) is 0. The lowest BCUT2D eigenvalue weighted by Gasteiger charge is -1.96. The number of fused-ring (bicyclic) bond motifs is 1. The molecule has 23 heavy (non-hydrogen) atoms. The van der Waals surface area contributed by atoms with Crippen molar-refractivity contribution in [3.8, 4) is 5.75 Å². The van der Waals surface area contributed by atoms with Crippen molar-refractivity contribution in [1.29, 1.82) is 0 Å². The van der Waals surface area contributed by atoms with Crippen LogP contribution in [0.2, 0.25) is 0 Å². The van der Waals surface area contributed by atoms with E-state index in [1.54, 1.807) is 24.3 Å². The smallest absolute Gasteiger partial charge is 0.315 e. The van der Waals surface area contributed by atoms with Gasteiger partial charge in [-0.3, -0.25) is 4.79 Å². The number of nitrogens with one attached hydrogen (secondary N) is 3. The van der Waals surface area contributed by atoms with E-state index in [4.69, 9.17) is 0 Å². The molecule has 2 aromatic carbocycles. The minimum absolute atomic E-state index is 0.192. The average Bonchev–Trinajstić information content (AvgIpc) is 2.98. The number of hydrogen-bond acceptors (Lipinski definition) is 4. The van der Waals surface area contributed by atoms with Crippen LogP contribution in [0.4, 0.5) is 0 Å². The van der Waals surface area contributed by atoms with Gasteiger partial charge >= 0.3 is 5.16 Å². The SMILES string of the molecule is O=C(CSc1[nH]c2ccccc2[nH+]1)NN=Cc1ccc(O)cc1. The minimum atomic E-state index is -0.197. The van der Waals surface area contributed by atoms with E-state index in [-0.39, 0.29) is 17.4 Å². The average molecular weight is 327 g/mol. The molecule has 0 atom stereocenters. The van der Waals surface area contributed by atoms with Crippen molar-refractivity contribution in [2.24, 2.45) is 5.10 Å². The summed E-state index contributed by atoms with van der Waals surface area (Å²) in [5, 5.41) is 13.9. The molecule has 0 spiro atoms. The number of carbonyl (C=O) groups is 1. The molecule has 1 aromatic heterocycles. The summed E-state index contributed by atoms with van der Waals surface area (Å²) in [4.78, 5) is 18.2. The maximum atomic E-state index is 11.8. The van der Waals surface area contributed by atoms with Gasteiger partial charge in [0.05, 0.1) is 12.0 Å². The summed E-state index contributed by atoms with van der Waals surface area (Å²) >= 11 is 1.37. The maximum absolute atomic E-state index is 11.8. The Balaban J connectivity index is 1.50. The zero-order chi connectivity index (χ0) is 16.1. The van der Waals surface area contributed by atoms with Crippen LogP contribution in [0.25, 0.3) is 11.0 Å². The number of hydrogen-bond donors (Lipinski definition) is 3. The monoisotopic (exact) mass is 327 g/mol. The second kappa shape index (κ2) is 6.97. The Morgan fingerprint density at radius 1 is 1.26 bits per heavy atom. The largest absolute Gasteiger partial charge is 0.508 e. The fourth-order valence-corrected chi connectivity index (χ4v) is 2.66. The fraction of sp³-hybridized carbons (Fsp3) is 0.0625. The van der Waals surface area contributed by atoms with Crippen molar-refractivity contribution in [2.75, 3.05) is 5.75 Å². The number of carbonyl (C=O) groups excluding carboxylic acids is 1. The van der Waals surface area contributed by atoms with Gasteiger partial charge in [-0.05, 0) is 53.7 Å². The van der Waals surface area contributed by atoms with E-state index >= 15 is 0 Å². The first-order valence-corrected chi connectivity index (χ1v) is 7.93. The van der Waals surface area contributed by atoms with Gasteiger partial charge in [-0.15, -0.1) is 0 Å². The fourth-order valence-electron chi connectivity index (χ4n) is 1.96. The Bertz CT molecular complexity index is 810. The highest BCUT2D eigenvalue weighted by atomic mass is 32.2. The second-order valence-corrected chi connectivity index (χ2v) is 5.78. The number of H-pyrrole nitrogens is 2. The Labute approximate surface area is 136 Å². The van der Waals surface area contributed by atoms with E-state index in [1.165, 1.54) is 18.0 Å². The number of phenols is 1. The molecule has 0 aliphatic heterocycles. The van der Waals surface area contributed by atoms with Crippen molar-refractivity contribution in [1.82, 2.24) is 10.4 Å². The summed E-state index contributed by atoms with van der Waals surface area (Å²) in [5.74, 6) is 0.241. The molecular weight excluding hydrogens is 312 g/mol. The van der Waals surface area contributed by atoms with E-state index in [0.29, 0.717) is 0 Å². The summed E-state index contributed by atoms with van der Waals surface area (Å²) in [7, 11) is 0. The van der Waals surface area contributed by atoms with Crippen LogP contribution in [-0.2, 0) is 4.79 Å². The van der Waals surface area contributed by atoms with Crippen LogP contribution in [-0.4, -0.2) is 28.0 Å². The molecule has 0 bridgehead atoms. The number of aromatic hydroxyl groups is 1. The number of amides is 1. The predicted molar refractivity (Wildman–Crippen MR) is 89.4 cm³/mol. The van der Waals surface area contributed by atoms with E-state index in [9.17, 15) is 9.90 Å². The number of para-hydroxylation sites is 2. The van der Waals surface area contributed by atoms with E-state index < -0.39 is 0 Å². The number of thioether (sulfide) groups is 1. The van der Waals surface area contributed by atoms with E-state index in [0.717, 1.165) is 21.8 Å². The summed E-state index contributed by atoms with van der Waals surface area (Å²) in [6.07, 6.45) is 1.52. The number of aromatic amines is 2. The van der Waals surface area contributed by atoms with Gasteiger partial charge in [-0.1, -0.05) is 12.1 Å². The van der Waals surface area contributed by atoms with Crippen molar-refractivity contribution in [3.05, 3.63) is 54.1 Å². The number of aromatic nitrogens is 2. The van der Waals surface area contributed by atoms with Crippen LogP contribution >= 0.6 is 11.8 Å². The molecule has 6 nitrogen and oxygen atoms in total. The lowest BCUT2D eigenvalue weighted by atomic mass is 10.2. The number of imidazole rings is 1. The molecule has 1 heterocycles. The van der Waals surface area contributed by atoms with Gasteiger partial charge in [0, 0.05) is 0 Å². The number of rotatable bonds is 5. The number of hydrazone groups is 1. The third-order valence-electron chi connectivity index (χ3n) is 3.07. The third-order valence-corrected chi connectivity index (χ3v) is 3.97. The lowest BCUT2D eigenvalue weighted by Crippen LogP contribution is -2.20. The maximum Gasteiger partial charge on any atom is 0.315 e. The summed E-state index contributed by atoms with van der Waals surface area (Å²) in [5.41, 5.74) is 5.26. The highest BCUT2D eigenvalue weighted by molar-refractivity contribution is 7.99. The standard InChI is InChI=1S/C16H14N4O2S/c21-12-7-5-11(6-8-12)9-17-20-15(22)10-23-16-18-13-3-1-2-4-14(13)19-16/h1-9,21H,10H2,(H,18,19)(H,20,22)/p+1. The molecule has 0 unspecified atom stereocenters. The van der Waals surface area contributed by atoms with Crippen molar-refractivity contribution in [3.63, 3.8) is 0 Å². The predicted octanol–water partition coefficient (Wildman–Crippen LogP) is 1.93. The summed E-state index contributed by atoms with van der Waals surface area (Å²) < 4.78 is 0. The van der Waals surface area contributed by atoms with Crippen molar-refractivity contribution >= 4 is 34.9 Å². The van der Waals surface area contributed by atoms with Crippen LogP contribution in [0.15, 0.2) is 58.8 Å². The molecule has 4 N–H and O–H groups in total. The molecule has 0 aliphatic rings. The number of nitrogens with zero attached hydrogens (tertiary/aromatic N) is 1. The Kier molecular flexibility index (Phi) is 4.58. The van der Waals surface area contributed by atoms with Crippen LogP contribution in [0.5, 0.6) is 5.75 Å². The molecule has 0 aliphatic carbocycles. The number of phenolic OH excluding ortho intramolecular Hbond substituents is 1. The zero-order valence-electron chi connectivity index (χ0n) is 12.1. The first-order chi connectivity index (χ1) is 11.2. The summed E-state index contributed by atoms with van der Waals surface area (Å²) in [6, 6.07) is 14.4. The first kappa shape index (κ1) is 15.1. The molecule has 0 saturated carbocycles. The highest BCUT2D eigenvalue weighted by Crippen LogP contribution is 2.14. The minimum Gasteiger partial charge on any atom is -0.508 e. The van der Waals surface area contributed by atoms with Gasteiger partial charge in [0.15, 0.2) is 11.0 Å². The lowest BCUT2D eigenvalue weighted by molar-refractivity contribution is -0.396. The Morgan fingerprint density at radius 3 is 2.83 bits per heavy atom. The molecule has 0 saturated heterocycles. The van der Waals surface area contributed by atoms with Gasteiger partial charge in [0.2, 0.25) is 0 Å². The van der Waals surface area contributed by atoms with E-state index in [1.807, 2.05) is 24.3 Å². The van der Waals surface area contributed by atoms with Crippen LogP contribution in [0.3, 0.4) is 0 Å². The van der Waals surface area contributed by atoms with Crippen LogP contribution in [0.1, 0.15) is 5.56 Å². The molecule has 3 aromatic rings. The van der Waals surface area contributed by atoms with Gasteiger partial charge < -0.3 is 5.11 Å². The van der Waals surface area contributed by atoms with Crippen molar-refractivity contribution in [2.45, 2.75) is 5.16 Å². The molecule has 1 amide bonds. The van der Waals surface area contributed by atoms with Crippen LogP contribution < -0.4 is 10.4 Å². The van der Waals surface area contributed by atoms with Gasteiger partial charge in [-0.25, -0.2) is 15.4 Å². The molecule has 3 rings (SSSR count). The first-order valence-electron chi connectivity index (χ1n) is 6.94. The number of benzene rings is 2. The molecular formula is C16H15N4O2S+. The van der Waals surface area contributed by atoms with E-state index in [2.05, 4.69) is 20.5 Å². The van der Waals surface area contributed by atoms with Crippen molar-refractivity contribution < 1.29 is 14.9 Å². The normalized spacial score (nSPS) is 11.1. The Hall–Kier alpha value is -2.80. The topological polar surface area (TPSA) is 91.6 Å².